The van der Waals surface area contributed by atoms with Crippen LogP contribution in [0.4, 0.5) is 5.69 Å². The average Bonchev–Trinajstić information content (AvgIpc) is 2.96. The van der Waals surface area contributed by atoms with E-state index >= 15 is 0 Å². The summed E-state index contributed by atoms with van der Waals surface area (Å²) in [6.07, 6.45) is 2.72. The summed E-state index contributed by atoms with van der Waals surface area (Å²) < 4.78 is 5.74. The molecular formula is C17H27ClN2O. The van der Waals surface area contributed by atoms with Gasteiger partial charge in [0.15, 0.2) is 0 Å². The molecule has 1 fully saturated rings. The Morgan fingerprint density at radius 1 is 1.43 bits per heavy atom. The minimum atomic E-state index is 0.367. The maximum Gasteiger partial charge on any atom is 0.0750 e. The van der Waals surface area contributed by atoms with Crippen molar-refractivity contribution in [1.29, 1.82) is 0 Å². The van der Waals surface area contributed by atoms with Gasteiger partial charge < -0.3 is 15.0 Å². The molecule has 1 unspecified atom stereocenters. The molecule has 1 aliphatic rings. The maximum atomic E-state index is 6.43. The molecule has 0 amide bonds. The SMILES string of the molecule is CCN(CC1CCCO1)c1ccc(CNC(C)C)c(Cl)c1. The number of likely N-dealkylation sites (N-methyl/N-ethyl adjacent to an activating group) is 1. The molecule has 0 aromatic heterocycles. The van der Waals surface area contributed by atoms with Crippen LogP contribution in [0.1, 0.15) is 39.2 Å². The van der Waals surface area contributed by atoms with Gasteiger partial charge in [0.25, 0.3) is 0 Å². The minimum Gasteiger partial charge on any atom is -0.376 e. The van der Waals surface area contributed by atoms with E-state index in [9.17, 15) is 0 Å². The van der Waals surface area contributed by atoms with Crippen molar-refractivity contribution in [1.82, 2.24) is 5.32 Å². The lowest BCUT2D eigenvalue weighted by molar-refractivity contribution is 0.115. The van der Waals surface area contributed by atoms with E-state index in [1.807, 2.05) is 0 Å². The highest BCUT2D eigenvalue weighted by Gasteiger charge is 2.19. The molecule has 3 nitrogen and oxygen atoms in total. The van der Waals surface area contributed by atoms with Gasteiger partial charge in [-0.3, -0.25) is 0 Å². The lowest BCUT2D eigenvalue weighted by Gasteiger charge is -2.26. The highest BCUT2D eigenvalue weighted by Crippen LogP contribution is 2.25. The molecule has 1 saturated heterocycles. The first-order valence-corrected chi connectivity index (χ1v) is 8.36. The Bertz CT molecular complexity index is 444. The quantitative estimate of drug-likeness (QED) is 0.828. The van der Waals surface area contributed by atoms with Crippen LogP contribution in [0.15, 0.2) is 18.2 Å². The fourth-order valence-electron chi connectivity index (χ4n) is 2.64. The van der Waals surface area contributed by atoms with E-state index < -0.39 is 0 Å². The van der Waals surface area contributed by atoms with Gasteiger partial charge in [-0.2, -0.15) is 0 Å². The smallest absolute Gasteiger partial charge is 0.0750 e. The fraction of sp³-hybridized carbons (Fsp3) is 0.647. The van der Waals surface area contributed by atoms with Crippen molar-refractivity contribution in [3.05, 3.63) is 28.8 Å². The molecular weight excluding hydrogens is 284 g/mol. The van der Waals surface area contributed by atoms with Crippen LogP contribution in [0, 0.1) is 0 Å². The fourth-order valence-corrected chi connectivity index (χ4v) is 2.88. The monoisotopic (exact) mass is 310 g/mol. The van der Waals surface area contributed by atoms with Crippen LogP contribution < -0.4 is 10.2 Å². The van der Waals surface area contributed by atoms with E-state index in [1.165, 1.54) is 18.5 Å². The average molecular weight is 311 g/mol. The number of hydrogen-bond donors (Lipinski definition) is 1. The largest absolute Gasteiger partial charge is 0.376 e. The Kier molecular flexibility index (Phi) is 6.34. The van der Waals surface area contributed by atoms with Crippen LogP contribution in [0.5, 0.6) is 0 Å². The molecule has 1 N–H and O–H groups in total. The molecule has 118 valence electrons. The zero-order chi connectivity index (χ0) is 15.2. The summed E-state index contributed by atoms with van der Waals surface area (Å²) in [6.45, 7) is 10.1. The van der Waals surface area contributed by atoms with Crippen LogP contribution in [0.3, 0.4) is 0 Å². The summed E-state index contributed by atoms with van der Waals surface area (Å²) in [6, 6.07) is 6.84. The summed E-state index contributed by atoms with van der Waals surface area (Å²) in [5.41, 5.74) is 2.34. The third-order valence-corrected chi connectivity index (χ3v) is 4.28. The summed E-state index contributed by atoms with van der Waals surface area (Å²) in [5.74, 6) is 0. The van der Waals surface area contributed by atoms with Crippen molar-refractivity contribution in [2.75, 3.05) is 24.6 Å². The predicted octanol–water partition coefficient (Wildman–Crippen LogP) is 3.84. The van der Waals surface area contributed by atoms with Gasteiger partial charge in [0.2, 0.25) is 0 Å². The molecule has 1 aromatic carbocycles. The van der Waals surface area contributed by atoms with Crippen LogP contribution in [-0.4, -0.2) is 31.8 Å². The Hall–Kier alpha value is -0.770. The Labute approximate surface area is 133 Å². The Balaban J connectivity index is 2.02. The van der Waals surface area contributed by atoms with Gasteiger partial charge in [-0.1, -0.05) is 31.5 Å². The van der Waals surface area contributed by atoms with Crippen molar-refractivity contribution in [3.63, 3.8) is 0 Å². The van der Waals surface area contributed by atoms with Gasteiger partial charge in [0.05, 0.1) is 6.10 Å². The zero-order valence-corrected chi connectivity index (χ0v) is 14.1. The van der Waals surface area contributed by atoms with Crippen molar-refractivity contribution in [2.45, 2.75) is 52.3 Å². The van der Waals surface area contributed by atoms with E-state index in [0.29, 0.717) is 12.1 Å². The zero-order valence-electron chi connectivity index (χ0n) is 13.4. The standard InChI is InChI=1S/C17H27ClN2O/c1-4-20(12-16-6-5-9-21-16)15-8-7-14(17(18)10-15)11-19-13(2)3/h7-8,10,13,16,19H,4-6,9,11-12H2,1-3H3. The lowest BCUT2D eigenvalue weighted by atomic mass is 10.1. The van der Waals surface area contributed by atoms with Gasteiger partial charge in [-0.25, -0.2) is 0 Å². The predicted molar refractivity (Wildman–Crippen MR) is 90.3 cm³/mol. The maximum absolute atomic E-state index is 6.43. The molecule has 1 heterocycles. The minimum absolute atomic E-state index is 0.367. The van der Waals surface area contributed by atoms with E-state index in [2.05, 4.69) is 49.2 Å². The number of ether oxygens (including phenoxy) is 1. The normalized spacial score (nSPS) is 18.4. The molecule has 0 bridgehead atoms. The van der Waals surface area contributed by atoms with Gasteiger partial charge in [0, 0.05) is 43.0 Å². The van der Waals surface area contributed by atoms with Crippen LogP contribution >= 0.6 is 11.6 Å². The van der Waals surface area contributed by atoms with Crippen LogP contribution in [0.25, 0.3) is 0 Å². The first-order chi connectivity index (χ1) is 10.1. The third-order valence-electron chi connectivity index (χ3n) is 3.93. The number of halogens is 1. The summed E-state index contributed by atoms with van der Waals surface area (Å²) in [4.78, 5) is 2.35. The van der Waals surface area contributed by atoms with Crippen molar-refractivity contribution in [2.24, 2.45) is 0 Å². The second-order valence-electron chi connectivity index (χ2n) is 5.98. The van der Waals surface area contributed by atoms with Crippen LogP contribution in [0.2, 0.25) is 5.02 Å². The molecule has 1 aliphatic heterocycles. The lowest BCUT2D eigenvalue weighted by Crippen LogP contribution is -2.32. The number of nitrogens with one attached hydrogen (secondary N) is 1. The van der Waals surface area contributed by atoms with Crippen molar-refractivity contribution < 1.29 is 4.74 Å². The highest BCUT2D eigenvalue weighted by molar-refractivity contribution is 6.31. The molecule has 4 heteroatoms. The first-order valence-electron chi connectivity index (χ1n) is 7.98. The highest BCUT2D eigenvalue weighted by atomic mass is 35.5. The number of nitrogens with zero attached hydrogens (tertiary/aromatic N) is 1. The number of benzene rings is 1. The van der Waals surface area contributed by atoms with Crippen molar-refractivity contribution >= 4 is 17.3 Å². The summed E-state index contributed by atoms with van der Waals surface area (Å²) in [5, 5.41) is 4.25. The van der Waals surface area contributed by atoms with E-state index in [-0.39, 0.29) is 0 Å². The second-order valence-corrected chi connectivity index (χ2v) is 6.39. The Morgan fingerprint density at radius 3 is 2.81 bits per heavy atom. The van der Waals surface area contributed by atoms with Gasteiger partial charge in [0.1, 0.15) is 0 Å². The molecule has 0 radical (unpaired) electrons. The second kappa shape index (κ2) is 8.02. The number of anilines is 1. The van der Waals surface area contributed by atoms with E-state index in [1.54, 1.807) is 0 Å². The third kappa shape index (κ3) is 4.87. The van der Waals surface area contributed by atoms with Gasteiger partial charge >= 0.3 is 0 Å². The van der Waals surface area contributed by atoms with Crippen molar-refractivity contribution in [3.8, 4) is 0 Å². The van der Waals surface area contributed by atoms with Crippen LogP contribution in [-0.2, 0) is 11.3 Å². The van der Waals surface area contributed by atoms with Gasteiger partial charge in [-0.15, -0.1) is 0 Å². The van der Waals surface area contributed by atoms with E-state index in [4.69, 9.17) is 16.3 Å². The molecule has 0 aliphatic carbocycles. The summed E-state index contributed by atoms with van der Waals surface area (Å²) in [7, 11) is 0. The molecule has 2 rings (SSSR count). The first kappa shape index (κ1) is 16.6. The topological polar surface area (TPSA) is 24.5 Å². The number of hydrogen-bond acceptors (Lipinski definition) is 3. The molecule has 21 heavy (non-hydrogen) atoms. The number of rotatable bonds is 7. The molecule has 0 saturated carbocycles. The van der Waals surface area contributed by atoms with Gasteiger partial charge in [-0.05, 0) is 37.5 Å². The Morgan fingerprint density at radius 2 is 2.24 bits per heavy atom. The molecule has 1 aromatic rings. The molecule has 0 spiro atoms. The summed E-state index contributed by atoms with van der Waals surface area (Å²) >= 11 is 6.43. The molecule has 1 atom stereocenters. The van der Waals surface area contributed by atoms with E-state index in [0.717, 1.165) is 36.8 Å².